The maximum absolute atomic E-state index is 6.64. The van der Waals surface area contributed by atoms with Crippen LogP contribution in [-0.4, -0.2) is 23.2 Å². The zero-order valence-electron chi connectivity index (χ0n) is 12.7. The summed E-state index contributed by atoms with van der Waals surface area (Å²) in [6, 6.07) is 1.86. The minimum Gasteiger partial charge on any atom is -0.381 e. The number of nitrogens with zero attached hydrogens (tertiary/aromatic N) is 2. The molecule has 0 unspecified atom stereocenters. The van der Waals surface area contributed by atoms with E-state index in [1.54, 1.807) is 22.7 Å². The zero-order chi connectivity index (χ0) is 16.5. The first-order valence-corrected chi connectivity index (χ1v) is 10.2. The van der Waals surface area contributed by atoms with E-state index in [1.807, 2.05) is 17.6 Å². The molecule has 24 heavy (non-hydrogen) atoms. The quantitative estimate of drug-likeness (QED) is 0.582. The van der Waals surface area contributed by atoms with Gasteiger partial charge >= 0.3 is 0 Å². The molecular weight excluding hydrogens is 385 g/mol. The number of nitrogens with one attached hydrogen (secondary N) is 1. The SMILES string of the molecule is Clc1cc(NCc2nccs2)c2sc(C3CCOCC3)c(Cl)c2n1. The second-order valence-corrected chi connectivity index (χ2v) is 8.41. The standard InChI is InChI=1S/C16H15Cl2N3OS2/c17-11-7-10(20-8-12-19-3-6-23-12)16-14(21-11)13(18)15(24-16)9-1-4-22-5-2-9/h3,6-7,9H,1-2,4-5,8H2,(H,20,21). The number of hydrogen-bond acceptors (Lipinski definition) is 6. The van der Waals surface area contributed by atoms with E-state index in [0.29, 0.717) is 17.6 Å². The van der Waals surface area contributed by atoms with Crippen LogP contribution >= 0.6 is 45.9 Å². The third-order valence-electron chi connectivity index (χ3n) is 4.08. The molecule has 0 radical (unpaired) electrons. The van der Waals surface area contributed by atoms with Crippen LogP contribution in [0, 0.1) is 0 Å². The van der Waals surface area contributed by atoms with Crippen molar-refractivity contribution in [3.63, 3.8) is 0 Å². The summed E-state index contributed by atoms with van der Waals surface area (Å²) in [5.74, 6) is 0.441. The van der Waals surface area contributed by atoms with Gasteiger partial charge in [-0.2, -0.15) is 0 Å². The maximum Gasteiger partial charge on any atom is 0.131 e. The lowest BCUT2D eigenvalue weighted by Crippen LogP contribution is -2.13. The van der Waals surface area contributed by atoms with Crippen molar-refractivity contribution in [2.45, 2.75) is 25.3 Å². The Hall–Kier alpha value is -0.920. The number of halogens is 2. The third-order valence-corrected chi connectivity index (χ3v) is 6.93. The van der Waals surface area contributed by atoms with Gasteiger partial charge in [0.1, 0.15) is 15.7 Å². The molecule has 3 aromatic heterocycles. The molecule has 0 aromatic carbocycles. The first-order valence-electron chi connectivity index (χ1n) is 7.71. The molecule has 1 N–H and O–H groups in total. The van der Waals surface area contributed by atoms with Crippen LogP contribution in [-0.2, 0) is 11.3 Å². The normalized spacial score (nSPS) is 15.9. The number of hydrogen-bond donors (Lipinski definition) is 1. The lowest BCUT2D eigenvalue weighted by atomic mass is 9.98. The Balaban J connectivity index is 1.70. The van der Waals surface area contributed by atoms with Crippen molar-refractivity contribution in [3.8, 4) is 0 Å². The van der Waals surface area contributed by atoms with Gasteiger partial charge in [-0.1, -0.05) is 23.2 Å². The third kappa shape index (κ3) is 3.26. The van der Waals surface area contributed by atoms with Gasteiger partial charge in [-0.25, -0.2) is 9.97 Å². The molecule has 126 valence electrons. The van der Waals surface area contributed by atoms with Gasteiger partial charge in [0.2, 0.25) is 0 Å². The number of fused-ring (bicyclic) bond motifs is 1. The summed E-state index contributed by atoms with van der Waals surface area (Å²) in [5.41, 5.74) is 1.75. The van der Waals surface area contributed by atoms with E-state index >= 15 is 0 Å². The van der Waals surface area contributed by atoms with Gasteiger partial charge in [0, 0.05) is 35.7 Å². The fourth-order valence-electron chi connectivity index (χ4n) is 2.89. The number of thiophene rings is 1. The van der Waals surface area contributed by atoms with Crippen molar-refractivity contribution in [2.24, 2.45) is 0 Å². The van der Waals surface area contributed by atoms with Gasteiger partial charge in [0.05, 0.1) is 22.0 Å². The number of pyridine rings is 1. The summed E-state index contributed by atoms with van der Waals surface area (Å²) < 4.78 is 6.52. The molecule has 0 aliphatic carbocycles. The Morgan fingerprint density at radius 3 is 2.88 bits per heavy atom. The summed E-state index contributed by atoms with van der Waals surface area (Å²) >= 11 is 16.2. The van der Waals surface area contributed by atoms with Gasteiger partial charge in [-0.15, -0.1) is 22.7 Å². The zero-order valence-corrected chi connectivity index (χ0v) is 15.9. The van der Waals surface area contributed by atoms with Crippen LogP contribution < -0.4 is 5.32 Å². The van der Waals surface area contributed by atoms with Crippen molar-refractivity contribution in [2.75, 3.05) is 18.5 Å². The largest absolute Gasteiger partial charge is 0.381 e. The highest BCUT2D eigenvalue weighted by molar-refractivity contribution is 7.20. The van der Waals surface area contributed by atoms with Crippen LogP contribution in [0.3, 0.4) is 0 Å². The summed E-state index contributed by atoms with van der Waals surface area (Å²) in [6.45, 7) is 2.24. The molecule has 3 aromatic rings. The number of anilines is 1. The summed E-state index contributed by atoms with van der Waals surface area (Å²) in [6.07, 6.45) is 3.81. The van der Waals surface area contributed by atoms with Gasteiger partial charge < -0.3 is 10.1 Å². The van der Waals surface area contributed by atoms with Crippen LogP contribution in [0.4, 0.5) is 5.69 Å². The van der Waals surface area contributed by atoms with E-state index in [9.17, 15) is 0 Å². The molecule has 8 heteroatoms. The highest BCUT2D eigenvalue weighted by Crippen LogP contribution is 2.45. The number of rotatable bonds is 4. The second-order valence-electron chi connectivity index (χ2n) is 5.62. The fourth-order valence-corrected chi connectivity index (χ4v) is 5.40. The predicted octanol–water partition coefficient (Wildman–Crippen LogP) is 5.57. The van der Waals surface area contributed by atoms with Crippen LogP contribution in [0.5, 0.6) is 0 Å². The van der Waals surface area contributed by atoms with Crippen molar-refractivity contribution in [3.05, 3.63) is 37.7 Å². The minimum atomic E-state index is 0.441. The summed E-state index contributed by atoms with van der Waals surface area (Å²) in [4.78, 5) is 9.95. The molecule has 4 heterocycles. The molecule has 0 saturated carbocycles. The molecule has 1 fully saturated rings. The Bertz CT molecular complexity index is 845. The minimum absolute atomic E-state index is 0.441. The van der Waals surface area contributed by atoms with Crippen LogP contribution in [0.1, 0.15) is 28.6 Å². The van der Waals surface area contributed by atoms with E-state index in [0.717, 1.165) is 52.0 Å². The molecule has 4 nitrogen and oxygen atoms in total. The monoisotopic (exact) mass is 399 g/mol. The number of ether oxygens (including phenoxy) is 1. The van der Waals surface area contributed by atoms with Crippen molar-refractivity contribution >= 4 is 61.8 Å². The lowest BCUT2D eigenvalue weighted by Gasteiger charge is -2.21. The molecule has 0 spiro atoms. The van der Waals surface area contributed by atoms with Crippen LogP contribution in [0.25, 0.3) is 10.2 Å². The average Bonchev–Trinajstić information content (AvgIpc) is 3.22. The Kier molecular flexibility index (Phi) is 4.92. The van der Waals surface area contributed by atoms with E-state index in [4.69, 9.17) is 27.9 Å². The molecule has 4 rings (SSSR count). The number of aromatic nitrogens is 2. The summed E-state index contributed by atoms with van der Waals surface area (Å²) in [5, 5.41) is 7.61. The highest BCUT2D eigenvalue weighted by Gasteiger charge is 2.24. The molecule has 1 aliphatic heterocycles. The van der Waals surface area contributed by atoms with Crippen molar-refractivity contribution < 1.29 is 4.74 Å². The topological polar surface area (TPSA) is 47.0 Å². The highest BCUT2D eigenvalue weighted by atomic mass is 35.5. The van der Waals surface area contributed by atoms with Gasteiger partial charge in [-0.05, 0) is 18.8 Å². The van der Waals surface area contributed by atoms with E-state index in [2.05, 4.69) is 15.3 Å². The molecule has 1 aliphatic rings. The predicted molar refractivity (Wildman–Crippen MR) is 102 cm³/mol. The second kappa shape index (κ2) is 7.14. The Morgan fingerprint density at radius 1 is 1.29 bits per heavy atom. The van der Waals surface area contributed by atoms with Gasteiger partial charge in [0.15, 0.2) is 0 Å². The average molecular weight is 400 g/mol. The van der Waals surface area contributed by atoms with Crippen molar-refractivity contribution in [1.29, 1.82) is 0 Å². The maximum atomic E-state index is 6.64. The first-order chi connectivity index (χ1) is 11.7. The van der Waals surface area contributed by atoms with Gasteiger partial charge in [0.25, 0.3) is 0 Å². The Morgan fingerprint density at radius 2 is 2.12 bits per heavy atom. The van der Waals surface area contributed by atoms with Crippen molar-refractivity contribution in [1.82, 2.24) is 9.97 Å². The summed E-state index contributed by atoms with van der Waals surface area (Å²) in [7, 11) is 0. The molecule has 0 bridgehead atoms. The van der Waals surface area contributed by atoms with E-state index in [-0.39, 0.29) is 0 Å². The van der Waals surface area contributed by atoms with E-state index in [1.165, 1.54) is 4.88 Å². The first kappa shape index (κ1) is 16.5. The Labute approximate surface area is 157 Å². The molecular formula is C16H15Cl2N3OS2. The lowest BCUT2D eigenvalue weighted by molar-refractivity contribution is 0.0860. The molecule has 0 amide bonds. The van der Waals surface area contributed by atoms with Crippen LogP contribution in [0.15, 0.2) is 17.6 Å². The number of thiazole rings is 1. The van der Waals surface area contributed by atoms with Gasteiger partial charge in [-0.3, -0.25) is 0 Å². The molecule has 0 atom stereocenters. The van der Waals surface area contributed by atoms with E-state index < -0.39 is 0 Å². The fraction of sp³-hybridized carbons (Fsp3) is 0.375. The molecule has 1 saturated heterocycles. The smallest absolute Gasteiger partial charge is 0.131 e. The van der Waals surface area contributed by atoms with Crippen LogP contribution in [0.2, 0.25) is 10.2 Å².